The highest BCUT2D eigenvalue weighted by Gasteiger charge is 2.21. The normalized spacial score (nSPS) is 24.6. The number of β-amino-alcohol motifs (C(OH)–C–C–N with tert-alkyl or cyclic N) is 1. The predicted octanol–water partition coefficient (Wildman–Crippen LogP) is -0.269. The molecule has 0 aromatic rings. The molecule has 2 unspecified atom stereocenters. The van der Waals surface area contributed by atoms with Crippen LogP contribution >= 0.6 is 0 Å². The first kappa shape index (κ1) is 13.9. The summed E-state index contributed by atoms with van der Waals surface area (Å²) in [6.45, 7) is 6.62. The van der Waals surface area contributed by atoms with Gasteiger partial charge in [0.15, 0.2) is 0 Å². The van der Waals surface area contributed by atoms with Crippen LogP contribution < -0.4 is 0 Å². The number of methoxy groups -OCH3 is 1. The third kappa shape index (κ3) is 5.23. The molecule has 0 amide bonds. The van der Waals surface area contributed by atoms with Gasteiger partial charge in [0.2, 0.25) is 0 Å². The van der Waals surface area contributed by atoms with Crippen LogP contribution in [-0.4, -0.2) is 75.4 Å². The molecule has 0 saturated carbocycles. The summed E-state index contributed by atoms with van der Waals surface area (Å²) in [6.07, 6.45) is -0.433. The van der Waals surface area contributed by atoms with Crippen LogP contribution in [-0.2, 0) is 14.2 Å². The van der Waals surface area contributed by atoms with Gasteiger partial charge >= 0.3 is 0 Å². The van der Waals surface area contributed by atoms with Gasteiger partial charge in [0.05, 0.1) is 39.1 Å². The Morgan fingerprint density at radius 1 is 1.50 bits per heavy atom. The first-order valence-corrected chi connectivity index (χ1v) is 5.80. The van der Waals surface area contributed by atoms with E-state index in [1.165, 1.54) is 0 Å². The summed E-state index contributed by atoms with van der Waals surface area (Å²) in [5, 5.41) is 9.77. The number of rotatable bonds is 7. The zero-order chi connectivity index (χ0) is 11.8. The average molecular weight is 233 g/mol. The summed E-state index contributed by atoms with van der Waals surface area (Å²) in [7, 11) is 1.63. The van der Waals surface area contributed by atoms with E-state index in [0.717, 1.165) is 19.8 Å². The Kier molecular flexibility index (Phi) is 6.91. The Morgan fingerprint density at radius 3 is 3.00 bits per heavy atom. The molecule has 0 radical (unpaired) electrons. The van der Waals surface area contributed by atoms with E-state index in [0.29, 0.717) is 32.4 Å². The number of morpholine rings is 1. The molecule has 96 valence electrons. The fraction of sp³-hybridized carbons (Fsp3) is 1.00. The third-order valence-electron chi connectivity index (χ3n) is 2.69. The molecule has 1 rings (SSSR count). The van der Waals surface area contributed by atoms with Crippen LogP contribution in [0.5, 0.6) is 0 Å². The van der Waals surface area contributed by atoms with Crippen molar-refractivity contribution in [1.29, 1.82) is 0 Å². The van der Waals surface area contributed by atoms with Crippen LogP contribution in [0.25, 0.3) is 0 Å². The van der Waals surface area contributed by atoms with Gasteiger partial charge < -0.3 is 19.3 Å². The lowest BCUT2D eigenvalue weighted by Crippen LogP contribution is -2.47. The van der Waals surface area contributed by atoms with E-state index in [1.807, 2.05) is 0 Å². The van der Waals surface area contributed by atoms with Crippen molar-refractivity contribution in [2.24, 2.45) is 0 Å². The van der Waals surface area contributed by atoms with Crippen molar-refractivity contribution in [2.45, 2.75) is 19.1 Å². The molecule has 1 heterocycles. The standard InChI is InChI=1S/C11H23NO4/c1-10-8-15-4-3-12(10)7-11(13)9-16-6-5-14-2/h10-11,13H,3-9H2,1-2H3. The van der Waals surface area contributed by atoms with Crippen molar-refractivity contribution in [1.82, 2.24) is 4.90 Å². The van der Waals surface area contributed by atoms with Gasteiger partial charge in [0.25, 0.3) is 0 Å². The van der Waals surface area contributed by atoms with E-state index >= 15 is 0 Å². The van der Waals surface area contributed by atoms with Crippen LogP contribution in [0, 0.1) is 0 Å². The molecule has 0 aliphatic carbocycles. The molecular formula is C11H23NO4. The lowest BCUT2D eigenvalue weighted by molar-refractivity contribution is -0.0418. The van der Waals surface area contributed by atoms with Crippen molar-refractivity contribution in [2.75, 3.05) is 53.2 Å². The van der Waals surface area contributed by atoms with Gasteiger partial charge in [-0.15, -0.1) is 0 Å². The molecule has 2 atom stereocenters. The molecule has 0 bridgehead atoms. The molecule has 0 aromatic carbocycles. The molecule has 5 heteroatoms. The number of hydrogen-bond acceptors (Lipinski definition) is 5. The van der Waals surface area contributed by atoms with E-state index in [1.54, 1.807) is 7.11 Å². The number of aliphatic hydroxyl groups is 1. The van der Waals surface area contributed by atoms with Gasteiger partial charge in [0.1, 0.15) is 0 Å². The van der Waals surface area contributed by atoms with Crippen molar-refractivity contribution in [3.8, 4) is 0 Å². The minimum atomic E-state index is -0.433. The van der Waals surface area contributed by atoms with Crippen LogP contribution in [0.15, 0.2) is 0 Å². The Morgan fingerprint density at radius 2 is 2.31 bits per heavy atom. The largest absolute Gasteiger partial charge is 0.389 e. The molecule has 1 aliphatic heterocycles. The topological polar surface area (TPSA) is 51.2 Å². The van der Waals surface area contributed by atoms with E-state index < -0.39 is 6.10 Å². The zero-order valence-electron chi connectivity index (χ0n) is 10.2. The highest BCUT2D eigenvalue weighted by molar-refractivity contribution is 4.73. The Balaban J connectivity index is 2.09. The molecule has 5 nitrogen and oxygen atoms in total. The van der Waals surface area contributed by atoms with Crippen LogP contribution in [0.2, 0.25) is 0 Å². The third-order valence-corrected chi connectivity index (χ3v) is 2.69. The number of ether oxygens (including phenoxy) is 3. The minimum absolute atomic E-state index is 0.368. The number of hydrogen-bond donors (Lipinski definition) is 1. The summed E-state index contributed by atoms with van der Waals surface area (Å²) in [4.78, 5) is 2.23. The fourth-order valence-electron chi connectivity index (χ4n) is 1.72. The maximum absolute atomic E-state index is 9.77. The highest BCUT2D eigenvalue weighted by atomic mass is 16.5. The van der Waals surface area contributed by atoms with Gasteiger partial charge in [-0.2, -0.15) is 0 Å². The average Bonchev–Trinajstić information content (AvgIpc) is 2.28. The maximum atomic E-state index is 9.77. The molecule has 1 fully saturated rings. The summed E-state index contributed by atoms with van der Waals surface area (Å²) >= 11 is 0. The maximum Gasteiger partial charge on any atom is 0.0900 e. The summed E-state index contributed by atoms with van der Waals surface area (Å²) in [6, 6.07) is 0.377. The first-order valence-electron chi connectivity index (χ1n) is 5.80. The van der Waals surface area contributed by atoms with Gasteiger partial charge in [-0.1, -0.05) is 0 Å². The first-order chi connectivity index (χ1) is 7.74. The van der Waals surface area contributed by atoms with E-state index in [2.05, 4.69) is 11.8 Å². The second-order valence-corrected chi connectivity index (χ2v) is 4.14. The Bertz CT molecular complexity index is 179. The van der Waals surface area contributed by atoms with Gasteiger partial charge in [0, 0.05) is 26.2 Å². The van der Waals surface area contributed by atoms with Crippen LogP contribution in [0.3, 0.4) is 0 Å². The fourth-order valence-corrected chi connectivity index (χ4v) is 1.72. The second kappa shape index (κ2) is 7.97. The van der Waals surface area contributed by atoms with Crippen molar-refractivity contribution < 1.29 is 19.3 Å². The molecule has 16 heavy (non-hydrogen) atoms. The van der Waals surface area contributed by atoms with Crippen molar-refractivity contribution in [3.63, 3.8) is 0 Å². The Labute approximate surface area is 97.3 Å². The number of nitrogens with zero attached hydrogens (tertiary/aromatic N) is 1. The molecule has 0 spiro atoms. The van der Waals surface area contributed by atoms with Crippen LogP contribution in [0.4, 0.5) is 0 Å². The molecule has 1 saturated heterocycles. The lowest BCUT2D eigenvalue weighted by atomic mass is 10.2. The number of aliphatic hydroxyl groups excluding tert-OH is 1. The highest BCUT2D eigenvalue weighted by Crippen LogP contribution is 2.06. The minimum Gasteiger partial charge on any atom is -0.389 e. The molecular weight excluding hydrogens is 210 g/mol. The van der Waals surface area contributed by atoms with E-state index in [4.69, 9.17) is 14.2 Å². The quantitative estimate of drug-likeness (QED) is 0.614. The molecule has 1 N–H and O–H groups in total. The second-order valence-electron chi connectivity index (χ2n) is 4.14. The zero-order valence-corrected chi connectivity index (χ0v) is 10.2. The van der Waals surface area contributed by atoms with Crippen molar-refractivity contribution in [3.05, 3.63) is 0 Å². The summed E-state index contributed by atoms with van der Waals surface area (Å²) in [5.41, 5.74) is 0. The van der Waals surface area contributed by atoms with Gasteiger partial charge in [-0.05, 0) is 6.92 Å². The van der Waals surface area contributed by atoms with Gasteiger partial charge in [-0.3, -0.25) is 4.90 Å². The molecule has 1 aliphatic rings. The molecule has 0 aromatic heterocycles. The summed E-state index contributed by atoms with van der Waals surface area (Å²) < 4.78 is 15.5. The van der Waals surface area contributed by atoms with E-state index in [9.17, 15) is 5.11 Å². The van der Waals surface area contributed by atoms with E-state index in [-0.39, 0.29) is 0 Å². The van der Waals surface area contributed by atoms with Gasteiger partial charge in [-0.25, -0.2) is 0 Å². The monoisotopic (exact) mass is 233 g/mol. The SMILES string of the molecule is COCCOCC(O)CN1CCOCC1C. The summed E-state index contributed by atoms with van der Waals surface area (Å²) in [5.74, 6) is 0. The lowest BCUT2D eigenvalue weighted by Gasteiger charge is -2.34. The Hall–Kier alpha value is -0.200. The smallest absolute Gasteiger partial charge is 0.0900 e. The predicted molar refractivity (Wildman–Crippen MR) is 60.6 cm³/mol. The van der Waals surface area contributed by atoms with Crippen LogP contribution in [0.1, 0.15) is 6.92 Å². The van der Waals surface area contributed by atoms with Crippen molar-refractivity contribution >= 4 is 0 Å².